The molecule has 28 heavy (non-hydrogen) atoms. The highest BCUT2D eigenvalue weighted by atomic mass is 16.5. The largest absolute Gasteiger partial charge is 0.497 e. The van der Waals surface area contributed by atoms with E-state index in [9.17, 15) is 9.59 Å². The summed E-state index contributed by atoms with van der Waals surface area (Å²) in [7, 11) is 1.60. The summed E-state index contributed by atoms with van der Waals surface area (Å²) in [6, 6.07) is 24.7. The molecule has 0 unspecified atom stereocenters. The van der Waals surface area contributed by atoms with E-state index in [2.05, 4.69) is 10.6 Å². The predicted octanol–water partition coefficient (Wildman–Crippen LogP) is 3.41. The Kier molecular flexibility index (Phi) is 6.41. The van der Waals surface area contributed by atoms with Crippen LogP contribution in [0.25, 0.3) is 11.1 Å². The summed E-state index contributed by atoms with van der Waals surface area (Å²) in [4.78, 5) is 24.2. The second-order valence-electron chi connectivity index (χ2n) is 6.25. The number of carbonyl (C=O) groups is 2. The zero-order chi connectivity index (χ0) is 19.8. The summed E-state index contributed by atoms with van der Waals surface area (Å²) in [5.41, 5.74) is 3.57. The monoisotopic (exact) mass is 374 g/mol. The first-order valence-corrected chi connectivity index (χ1v) is 8.99. The molecular weight excluding hydrogens is 352 g/mol. The summed E-state index contributed by atoms with van der Waals surface area (Å²) in [6.45, 7) is 0.293. The van der Waals surface area contributed by atoms with Crippen LogP contribution in [0.5, 0.6) is 5.75 Å². The van der Waals surface area contributed by atoms with E-state index >= 15 is 0 Å². The van der Waals surface area contributed by atoms with Gasteiger partial charge in [0.25, 0.3) is 5.91 Å². The fourth-order valence-corrected chi connectivity index (χ4v) is 2.75. The highest BCUT2D eigenvalue weighted by Crippen LogP contribution is 2.19. The molecule has 0 fully saturated rings. The lowest BCUT2D eigenvalue weighted by atomic mass is 10.0. The molecule has 5 nitrogen and oxygen atoms in total. The van der Waals surface area contributed by atoms with Crippen LogP contribution in [0.1, 0.15) is 15.9 Å². The van der Waals surface area contributed by atoms with Crippen LogP contribution < -0.4 is 15.4 Å². The minimum atomic E-state index is -0.281. The number of hydrogen-bond acceptors (Lipinski definition) is 3. The molecule has 0 bridgehead atoms. The number of methoxy groups -OCH3 is 1. The van der Waals surface area contributed by atoms with Crippen molar-refractivity contribution in [2.45, 2.75) is 6.54 Å². The van der Waals surface area contributed by atoms with E-state index in [1.807, 2.05) is 66.7 Å². The van der Waals surface area contributed by atoms with Crippen LogP contribution in [0.15, 0.2) is 78.9 Å². The van der Waals surface area contributed by atoms with Gasteiger partial charge in [0.05, 0.1) is 13.7 Å². The van der Waals surface area contributed by atoms with Crippen LogP contribution in [0.2, 0.25) is 0 Å². The number of benzene rings is 3. The maximum atomic E-state index is 12.2. The minimum Gasteiger partial charge on any atom is -0.497 e. The van der Waals surface area contributed by atoms with Crippen molar-refractivity contribution in [3.63, 3.8) is 0 Å². The molecule has 0 saturated heterocycles. The van der Waals surface area contributed by atoms with Gasteiger partial charge in [-0.05, 0) is 41.0 Å². The maximum Gasteiger partial charge on any atom is 0.251 e. The summed E-state index contributed by atoms with van der Waals surface area (Å²) >= 11 is 0. The van der Waals surface area contributed by atoms with Gasteiger partial charge in [0.15, 0.2) is 0 Å². The molecule has 0 aromatic heterocycles. The summed E-state index contributed by atoms with van der Waals surface area (Å²) in [5.74, 6) is 0.201. The Labute approximate surface area is 164 Å². The second-order valence-corrected chi connectivity index (χ2v) is 6.25. The van der Waals surface area contributed by atoms with Gasteiger partial charge in [-0.1, -0.05) is 54.6 Å². The molecule has 142 valence electrons. The van der Waals surface area contributed by atoms with Crippen molar-refractivity contribution >= 4 is 11.8 Å². The molecule has 3 rings (SSSR count). The highest BCUT2D eigenvalue weighted by Gasteiger charge is 2.08. The lowest BCUT2D eigenvalue weighted by Crippen LogP contribution is -2.36. The average Bonchev–Trinajstić information content (AvgIpc) is 2.77. The van der Waals surface area contributed by atoms with Gasteiger partial charge < -0.3 is 15.4 Å². The average molecular weight is 374 g/mol. The van der Waals surface area contributed by atoms with E-state index in [0.29, 0.717) is 12.1 Å². The van der Waals surface area contributed by atoms with Gasteiger partial charge in [-0.2, -0.15) is 0 Å². The highest BCUT2D eigenvalue weighted by molar-refractivity contribution is 5.96. The van der Waals surface area contributed by atoms with Crippen LogP contribution >= 0.6 is 0 Å². The van der Waals surface area contributed by atoms with Crippen LogP contribution in [0.4, 0.5) is 0 Å². The van der Waals surface area contributed by atoms with E-state index in [1.54, 1.807) is 19.2 Å². The Morgan fingerprint density at radius 3 is 2.25 bits per heavy atom. The topological polar surface area (TPSA) is 67.4 Å². The predicted molar refractivity (Wildman–Crippen MR) is 109 cm³/mol. The molecule has 0 radical (unpaired) electrons. The molecule has 0 aliphatic heterocycles. The Morgan fingerprint density at radius 1 is 0.821 bits per heavy atom. The minimum absolute atomic E-state index is 0.0801. The second kappa shape index (κ2) is 9.37. The standard InChI is InChI=1S/C23H22N2O3/c1-28-21-9-5-6-17(14-21)15-24-22(26)16-25-23(27)20-12-10-19(11-13-20)18-7-3-2-4-8-18/h2-14H,15-16H2,1H3,(H,24,26)(H,25,27). The smallest absolute Gasteiger partial charge is 0.251 e. The normalized spacial score (nSPS) is 10.2. The van der Waals surface area contributed by atoms with Crippen molar-refractivity contribution in [2.24, 2.45) is 0 Å². The van der Waals surface area contributed by atoms with Crippen molar-refractivity contribution in [3.05, 3.63) is 90.0 Å². The Balaban J connectivity index is 1.48. The van der Waals surface area contributed by atoms with E-state index in [4.69, 9.17) is 4.74 Å². The number of ether oxygens (including phenoxy) is 1. The van der Waals surface area contributed by atoms with Gasteiger partial charge in [0, 0.05) is 12.1 Å². The first-order valence-electron chi connectivity index (χ1n) is 8.99. The SMILES string of the molecule is COc1cccc(CNC(=O)CNC(=O)c2ccc(-c3ccccc3)cc2)c1. The summed E-state index contributed by atoms with van der Waals surface area (Å²) < 4.78 is 5.16. The van der Waals surface area contributed by atoms with Crippen LogP contribution in [0, 0.1) is 0 Å². The summed E-state index contributed by atoms with van der Waals surface area (Å²) in [5, 5.41) is 5.42. The van der Waals surface area contributed by atoms with Crippen molar-refractivity contribution in [3.8, 4) is 16.9 Å². The molecule has 3 aromatic carbocycles. The lowest BCUT2D eigenvalue weighted by molar-refractivity contribution is -0.120. The zero-order valence-corrected chi connectivity index (χ0v) is 15.6. The van der Waals surface area contributed by atoms with Gasteiger partial charge in [-0.3, -0.25) is 9.59 Å². The van der Waals surface area contributed by atoms with Gasteiger partial charge >= 0.3 is 0 Å². The van der Waals surface area contributed by atoms with Gasteiger partial charge in [0.2, 0.25) is 5.91 Å². The molecule has 0 heterocycles. The number of nitrogens with one attached hydrogen (secondary N) is 2. The van der Waals surface area contributed by atoms with Crippen LogP contribution in [-0.2, 0) is 11.3 Å². The Hall–Kier alpha value is -3.60. The van der Waals surface area contributed by atoms with Gasteiger partial charge in [-0.15, -0.1) is 0 Å². The molecule has 0 spiro atoms. The molecule has 2 amide bonds. The molecule has 3 aromatic rings. The third kappa shape index (κ3) is 5.20. The molecule has 2 N–H and O–H groups in total. The first kappa shape index (κ1) is 19.2. The number of carbonyl (C=O) groups excluding carboxylic acids is 2. The number of amides is 2. The van der Waals surface area contributed by atoms with Gasteiger partial charge in [-0.25, -0.2) is 0 Å². The quantitative estimate of drug-likeness (QED) is 0.666. The molecular formula is C23H22N2O3. The summed E-state index contributed by atoms with van der Waals surface area (Å²) in [6.07, 6.45) is 0. The lowest BCUT2D eigenvalue weighted by Gasteiger charge is -2.09. The van der Waals surface area contributed by atoms with Gasteiger partial charge in [0.1, 0.15) is 5.75 Å². The van der Waals surface area contributed by atoms with Crippen LogP contribution in [-0.4, -0.2) is 25.5 Å². The third-order valence-electron chi connectivity index (χ3n) is 4.29. The first-order chi connectivity index (χ1) is 13.7. The third-order valence-corrected chi connectivity index (χ3v) is 4.29. The van der Waals surface area contributed by atoms with E-state index in [1.165, 1.54) is 0 Å². The fraction of sp³-hybridized carbons (Fsp3) is 0.130. The molecule has 5 heteroatoms. The van der Waals surface area contributed by atoms with Crippen molar-refractivity contribution in [1.29, 1.82) is 0 Å². The molecule has 0 aliphatic rings. The van der Waals surface area contributed by atoms with Crippen molar-refractivity contribution in [1.82, 2.24) is 10.6 Å². The molecule has 0 aliphatic carbocycles. The maximum absolute atomic E-state index is 12.2. The fourth-order valence-electron chi connectivity index (χ4n) is 2.75. The van der Waals surface area contributed by atoms with E-state index in [0.717, 1.165) is 22.4 Å². The van der Waals surface area contributed by atoms with Crippen LogP contribution in [0.3, 0.4) is 0 Å². The zero-order valence-electron chi connectivity index (χ0n) is 15.6. The van der Waals surface area contributed by atoms with Crippen molar-refractivity contribution < 1.29 is 14.3 Å². The van der Waals surface area contributed by atoms with E-state index in [-0.39, 0.29) is 18.4 Å². The number of hydrogen-bond donors (Lipinski definition) is 2. The molecule has 0 saturated carbocycles. The van der Waals surface area contributed by atoms with E-state index < -0.39 is 0 Å². The Morgan fingerprint density at radius 2 is 1.54 bits per heavy atom. The van der Waals surface area contributed by atoms with Crippen molar-refractivity contribution in [2.75, 3.05) is 13.7 Å². The molecule has 0 atom stereocenters. The number of rotatable bonds is 7. The Bertz CT molecular complexity index is 938.